The van der Waals surface area contributed by atoms with Gasteiger partial charge in [0.1, 0.15) is 6.10 Å². The second-order valence-electron chi connectivity index (χ2n) is 9.64. The quantitative estimate of drug-likeness (QED) is 0.409. The van der Waals surface area contributed by atoms with Crippen LogP contribution in [0.3, 0.4) is 0 Å². The molecule has 0 aliphatic carbocycles. The van der Waals surface area contributed by atoms with Crippen molar-refractivity contribution in [2.45, 2.75) is 83.0 Å². The van der Waals surface area contributed by atoms with E-state index in [1.54, 1.807) is 4.68 Å². The summed E-state index contributed by atoms with van der Waals surface area (Å²) in [5.74, 6) is 0.481. The molecule has 3 atom stereocenters. The number of aliphatic hydroxyl groups excluding tert-OH is 1. The van der Waals surface area contributed by atoms with Gasteiger partial charge in [0.15, 0.2) is 20.4 Å². The third-order valence-corrected chi connectivity index (χ3v) is 11.5. The largest absolute Gasteiger partial charge is 0.410 e. The molecule has 0 bridgehead atoms. The topological polar surface area (TPSA) is 69.4 Å². The molecule has 1 aromatic heterocycles. The van der Waals surface area contributed by atoms with Crippen molar-refractivity contribution in [3.8, 4) is 0 Å². The number of hydrogen-bond donors (Lipinski definition) is 1. The number of hydrogen-bond acceptors (Lipinski definition) is 5. The maximum Gasteiger partial charge on any atom is 0.217 e. The molecule has 0 radical (unpaired) electrons. The molecule has 0 spiro atoms. The van der Waals surface area contributed by atoms with Crippen LogP contribution < -0.4 is 0 Å². The standard InChI is InChI=1S/C22H33BrClN3O3Si/c1-22(2,3)31(4,5)30-18(15-10-6-7-11-16(15)24)14-17(28)20-25-21(23)26-27(20)19-12-8-9-13-29-19/h6-7,10-11,17-19,28H,8-9,12-14H2,1-5H3. The van der Waals surface area contributed by atoms with Crippen LogP contribution in [0.2, 0.25) is 23.2 Å². The lowest BCUT2D eigenvalue weighted by molar-refractivity contribution is -0.0466. The molecule has 2 heterocycles. The minimum Gasteiger partial charge on any atom is -0.410 e. The number of halogens is 2. The zero-order valence-electron chi connectivity index (χ0n) is 18.9. The van der Waals surface area contributed by atoms with E-state index in [-0.39, 0.29) is 17.4 Å². The number of nitrogens with zero attached hydrogens (tertiary/aromatic N) is 3. The molecule has 3 unspecified atom stereocenters. The summed E-state index contributed by atoms with van der Waals surface area (Å²) in [6.07, 6.45) is 1.83. The number of aromatic nitrogens is 3. The third-order valence-electron chi connectivity index (χ3n) is 6.29. The highest BCUT2D eigenvalue weighted by atomic mass is 79.9. The first-order valence-corrected chi connectivity index (χ1v) is 14.9. The lowest BCUT2D eigenvalue weighted by Gasteiger charge is -2.40. The van der Waals surface area contributed by atoms with E-state index in [0.29, 0.717) is 28.6 Å². The van der Waals surface area contributed by atoms with Crippen molar-refractivity contribution >= 4 is 35.8 Å². The Kier molecular flexibility index (Phi) is 8.03. The fourth-order valence-corrected chi connectivity index (χ4v) is 5.38. The predicted molar refractivity (Wildman–Crippen MR) is 129 cm³/mol. The summed E-state index contributed by atoms with van der Waals surface area (Å²) >= 11 is 9.90. The van der Waals surface area contributed by atoms with Gasteiger partial charge < -0.3 is 14.3 Å². The van der Waals surface area contributed by atoms with Crippen LogP contribution in [0.15, 0.2) is 29.0 Å². The van der Waals surface area contributed by atoms with E-state index in [1.165, 1.54) is 0 Å². The Morgan fingerprint density at radius 2 is 2.03 bits per heavy atom. The highest BCUT2D eigenvalue weighted by Crippen LogP contribution is 2.43. The Bertz CT molecular complexity index is 881. The lowest BCUT2D eigenvalue weighted by atomic mass is 10.0. The molecule has 9 heteroatoms. The Morgan fingerprint density at radius 1 is 1.32 bits per heavy atom. The van der Waals surface area contributed by atoms with Crippen molar-refractivity contribution in [1.29, 1.82) is 0 Å². The second-order valence-corrected chi connectivity index (χ2v) is 15.5. The first-order chi connectivity index (χ1) is 14.5. The van der Waals surface area contributed by atoms with Gasteiger partial charge in [-0.05, 0) is 65.0 Å². The molecule has 6 nitrogen and oxygen atoms in total. The maximum atomic E-state index is 11.3. The van der Waals surface area contributed by atoms with Gasteiger partial charge in [0.2, 0.25) is 4.73 Å². The Hall–Kier alpha value is -0.773. The summed E-state index contributed by atoms with van der Waals surface area (Å²) in [4.78, 5) is 4.46. The predicted octanol–water partition coefficient (Wildman–Crippen LogP) is 6.58. The van der Waals surface area contributed by atoms with Crippen LogP contribution in [0, 0.1) is 0 Å². The summed E-state index contributed by atoms with van der Waals surface area (Å²) in [5.41, 5.74) is 0.882. The zero-order chi connectivity index (χ0) is 22.8. The molecular weight excluding hydrogens is 498 g/mol. The normalized spacial score (nSPS) is 19.9. The molecule has 0 amide bonds. The summed E-state index contributed by atoms with van der Waals surface area (Å²) in [6.45, 7) is 11.7. The van der Waals surface area contributed by atoms with Crippen molar-refractivity contribution < 1.29 is 14.3 Å². The lowest BCUT2D eigenvalue weighted by Crippen LogP contribution is -2.42. The van der Waals surface area contributed by atoms with E-state index < -0.39 is 14.4 Å². The molecule has 1 aliphatic heterocycles. The van der Waals surface area contributed by atoms with Gasteiger partial charge in [-0.1, -0.05) is 50.6 Å². The van der Waals surface area contributed by atoms with Crippen LogP contribution in [-0.4, -0.2) is 34.8 Å². The molecule has 1 fully saturated rings. The average molecular weight is 531 g/mol. The molecular formula is C22H33BrClN3O3Si. The minimum atomic E-state index is -2.13. The molecule has 0 saturated carbocycles. The van der Waals surface area contributed by atoms with E-state index in [0.717, 1.165) is 24.8 Å². The summed E-state index contributed by atoms with van der Waals surface area (Å²) in [5, 5.41) is 16.4. The van der Waals surface area contributed by atoms with Crippen molar-refractivity contribution in [3.05, 3.63) is 45.4 Å². The molecule has 1 saturated heterocycles. The van der Waals surface area contributed by atoms with Crippen molar-refractivity contribution in [1.82, 2.24) is 14.8 Å². The third kappa shape index (κ3) is 5.97. The monoisotopic (exact) mass is 529 g/mol. The van der Waals surface area contributed by atoms with E-state index >= 15 is 0 Å². The SMILES string of the molecule is CC(C)(C)[Si](C)(C)OC(CC(O)c1nc(Br)nn1C1CCCCO1)c1ccccc1Cl. The van der Waals surface area contributed by atoms with Crippen LogP contribution in [0.5, 0.6) is 0 Å². The summed E-state index contributed by atoms with van der Waals surface area (Å²) < 4.78 is 14.8. The number of rotatable bonds is 7. The van der Waals surface area contributed by atoms with E-state index in [9.17, 15) is 5.11 Å². The number of aliphatic hydroxyl groups is 1. The molecule has 2 aromatic rings. The van der Waals surface area contributed by atoms with Gasteiger partial charge in [-0.3, -0.25) is 0 Å². The molecule has 1 N–H and O–H groups in total. The van der Waals surface area contributed by atoms with Crippen LogP contribution in [0.25, 0.3) is 0 Å². The molecule has 31 heavy (non-hydrogen) atoms. The molecule has 1 aliphatic rings. The minimum absolute atomic E-state index is 0.0243. The average Bonchev–Trinajstić information content (AvgIpc) is 3.09. The smallest absolute Gasteiger partial charge is 0.217 e. The first-order valence-electron chi connectivity index (χ1n) is 10.8. The van der Waals surface area contributed by atoms with Crippen LogP contribution >= 0.6 is 27.5 Å². The van der Waals surface area contributed by atoms with Gasteiger partial charge in [-0.25, -0.2) is 9.67 Å². The fraction of sp³-hybridized carbons (Fsp3) is 0.636. The molecule has 3 rings (SSSR count). The van der Waals surface area contributed by atoms with E-state index in [4.69, 9.17) is 20.8 Å². The van der Waals surface area contributed by atoms with Crippen molar-refractivity contribution in [3.63, 3.8) is 0 Å². The summed E-state index contributed by atoms with van der Waals surface area (Å²) in [7, 11) is -2.13. The van der Waals surface area contributed by atoms with E-state index in [2.05, 4.69) is 59.9 Å². The zero-order valence-corrected chi connectivity index (χ0v) is 22.3. The molecule has 172 valence electrons. The highest BCUT2D eigenvalue weighted by molar-refractivity contribution is 9.10. The maximum absolute atomic E-state index is 11.3. The van der Waals surface area contributed by atoms with E-state index in [1.807, 2.05) is 24.3 Å². The number of benzene rings is 1. The van der Waals surface area contributed by atoms with Gasteiger partial charge in [0.25, 0.3) is 0 Å². The number of ether oxygens (including phenoxy) is 1. The van der Waals surface area contributed by atoms with Gasteiger partial charge >= 0.3 is 0 Å². The van der Waals surface area contributed by atoms with Gasteiger partial charge in [0.05, 0.1) is 6.10 Å². The first kappa shape index (κ1) is 24.9. The van der Waals surface area contributed by atoms with Gasteiger partial charge in [-0.2, -0.15) is 0 Å². The van der Waals surface area contributed by atoms with Crippen LogP contribution in [0.4, 0.5) is 0 Å². The van der Waals surface area contributed by atoms with Crippen molar-refractivity contribution in [2.75, 3.05) is 6.61 Å². The highest BCUT2D eigenvalue weighted by Gasteiger charge is 2.40. The Morgan fingerprint density at radius 3 is 2.65 bits per heavy atom. The van der Waals surface area contributed by atoms with Gasteiger partial charge in [0, 0.05) is 18.1 Å². The van der Waals surface area contributed by atoms with Crippen LogP contribution in [-0.2, 0) is 9.16 Å². The van der Waals surface area contributed by atoms with Crippen molar-refractivity contribution in [2.24, 2.45) is 0 Å². The fourth-order valence-electron chi connectivity index (χ4n) is 3.48. The van der Waals surface area contributed by atoms with Gasteiger partial charge in [-0.15, -0.1) is 5.10 Å². The Labute approximate surface area is 199 Å². The summed E-state index contributed by atoms with van der Waals surface area (Å²) in [6, 6.07) is 7.68. The Balaban J connectivity index is 1.90. The van der Waals surface area contributed by atoms with Crippen LogP contribution in [0.1, 0.15) is 76.3 Å². The second kappa shape index (κ2) is 10.0. The molecule has 1 aromatic carbocycles.